The monoisotopic (exact) mass is 292 g/mol. The van der Waals surface area contributed by atoms with E-state index in [1.54, 1.807) is 22.9 Å². The summed E-state index contributed by atoms with van der Waals surface area (Å²) < 4.78 is 1.74. The van der Waals surface area contributed by atoms with Crippen molar-refractivity contribution in [1.82, 2.24) is 15.1 Å². The van der Waals surface area contributed by atoms with E-state index < -0.39 is 0 Å². The summed E-state index contributed by atoms with van der Waals surface area (Å²) in [6.07, 6.45) is 2.73. The first kappa shape index (κ1) is 14.4. The predicted octanol–water partition coefficient (Wildman–Crippen LogP) is 2.15. The van der Waals surface area contributed by atoms with Crippen molar-refractivity contribution in [2.75, 3.05) is 5.73 Å². The van der Waals surface area contributed by atoms with Crippen LogP contribution in [0, 0.1) is 0 Å². The van der Waals surface area contributed by atoms with Crippen LogP contribution in [0.15, 0.2) is 24.4 Å². The minimum Gasteiger partial charge on any atom is -0.398 e. The van der Waals surface area contributed by atoms with Gasteiger partial charge in [0.2, 0.25) is 0 Å². The molecule has 0 aliphatic carbocycles. The Hall–Kier alpha value is -2.01. The highest BCUT2D eigenvalue weighted by atomic mass is 35.5. The summed E-state index contributed by atoms with van der Waals surface area (Å²) in [5.74, 6) is -0.240. The Bertz CT molecular complexity index is 636. The van der Waals surface area contributed by atoms with E-state index >= 15 is 0 Å². The number of anilines is 1. The van der Waals surface area contributed by atoms with Crippen molar-refractivity contribution in [2.45, 2.75) is 19.9 Å². The maximum absolute atomic E-state index is 12.1. The maximum atomic E-state index is 12.1. The topological polar surface area (TPSA) is 72.9 Å². The van der Waals surface area contributed by atoms with Crippen LogP contribution >= 0.6 is 11.6 Å². The quantitative estimate of drug-likeness (QED) is 0.848. The van der Waals surface area contributed by atoms with E-state index in [0.717, 1.165) is 17.7 Å². The molecule has 0 bridgehead atoms. The molecule has 0 saturated carbocycles. The second-order valence-electron chi connectivity index (χ2n) is 4.54. The van der Waals surface area contributed by atoms with Crippen molar-refractivity contribution in [1.29, 1.82) is 0 Å². The van der Waals surface area contributed by atoms with Gasteiger partial charge in [0.05, 0.1) is 11.3 Å². The van der Waals surface area contributed by atoms with Gasteiger partial charge >= 0.3 is 0 Å². The molecule has 0 unspecified atom stereocenters. The van der Waals surface area contributed by atoms with E-state index in [2.05, 4.69) is 10.4 Å². The van der Waals surface area contributed by atoms with Gasteiger partial charge in [0.25, 0.3) is 5.91 Å². The van der Waals surface area contributed by atoms with Gasteiger partial charge in [-0.3, -0.25) is 9.48 Å². The molecule has 5 nitrogen and oxygen atoms in total. The maximum Gasteiger partial charge on any atom is 0.253 e. The number of amides is 1. The number of halogens is 1. The molecule has 0 fully saturated rings. The smallest absolute Gasteiger partial charge is 0.253 e. The average molecular weight is 293 g/mol. The largest absolute Gasteiger partial charge is 0.398 e. The lowest BCUT2D eigenvalue weighted by Gasteiger charge is -2.07. The van der Waals surface area contributed by atoms with Crippen LogP contribution in [0.3, 0.4) is 0 Å². The Balaban J connectivity index is 2.10. The highest BCUT2D eigenvalue weighted by Gasteiger charge is 2.12. The van der Waals surface area contributed by atoms with Crippen LogP contribution in [0.25, 0.3) is 0 Å². The fourth-order valence-corrected chi connectivity index (χ4v) is 2.20. The number of rotatable bonds is 4. The number of aryl methyl sites for hydroxylation is 2. The van der Waals surface area contributed by atoms with Gasteiger partial charge in [-0.2, -0.15) is 5.10 Å². The molecule has 0 spiro atoms. The van der Waals surface area contributed by atoms with Crippen LogP contribution in [0.1, 0.15) is 28.5 Å². The van der Waals surface area contributed by atoms with E-state index in [0.29, 0.717) is 22.8 Å². The number of nitrogens with two attached hydrogens (primary N) is 1. The molecule has 1 aromatic heterocycles. The van der Waals surface area contributed by atoms with Gasteiger partial charge in [-0.05, 0) is 24.6 Å². The molecule has 106 valence electrons. The number of hydrogen-bond donors (Lipinski definition) is 2. The molecule has 0 saturated heterocycles. The van der Waals surface area contributed by atoms with Crippen molar-refractivity contribution in [3.05, 3.63) is 46.2 Å². The highest BCUT2D eigenvalue weighted by Crippen LogP contribution is 2.18. The Kier molecular flexibility index (Phi) is 4.29. The van der Waals surface area contributed by atoms with E-state index in [1.807, 2.05) is 20.2 Å². The van der Waals surface area contributed by atoms with E-state index in [4.69, 9.17) is 17.3 Å². The average Bonchev–Trinajstić information content (AvgIpc) is 2.79. The van der Waals surface area contributed by atoms with Crippen molar-refractivity contribution in [3.8, 4) is 0 Å². The number of carbonyl (C=O) groups is 1. The summed E-state index contributed by atoms with van der Waals surface area (Å²) in [4.78, 5) is 12.1. The molecule has 3 N–H and O–H groups in total. The first-order valence-corrected chi connectivity index (χ1v) is 6.73. The predicted molar refractivity (Wildman–Crippen MR) is 79.6 cm³/mol. The van der Waals surface area contributed by atoms with Crippen molar-refractivity contribution in [3.63, 3.8) is 0 Å². The minimum absolute atomic E-state index is 0.240. The summed E-state index contributed by atoms with van der Waals surface area (Å²) in [5, 5.41) is 7.66. The first-order chi connectivity index (χ1) is 9.51. The molecule has 1 amide bonds. The molecule has 0 aliphatic heterocycles. The number of nitrogens with one attached hydrogen (secondary N) is 1. The fraction of sp³-hybridized carbons (Fsp3) is 0.286. The lowest BCUT2D eigenvalue weighted by molar-refractivity contribution is 0.0951. The van der Waals surface area contributed by atoms with Crippen LogP contribution in [0.4, 0.5) is 5.69 Å². The van der Waals surface area contributed by atoms with Gasteiger partial charge in [0, 0.05) is 36.1 Å². The van der Waals surface area contributed by atoms with Crippen LogP contribution < -0.4 is 11.1 Å². The lowest BCUT2D eigenvalue weighted by Crippen LogP contribution is -2.24. The summed E-state index contributed by atoms with van der Waals surface area (Å²) in [5.41, 5.74) is 8.57. The number of carbonyl (C=O) groups excluding carboxylic acids is 1. The van der Waals surface area contributed by atoms with Crippen LogP contribution in [-0.4, -0.2) is 15.7 Å². The van der Waals surface area contributed by atoms with Gasteiger partial charge in [-0.1, -0.05) is 18.5 Å². The van der Waals surface area contributed by atoms with Crippen LogP contribution in [-0.2, 0) is 20.0 Å². The summed E-state index contributed by atoms with van der Waals surface area (Å²) in [6, 6.07) is 4.85. The number of nitrogens with zero attached hydrogens (tertiary/aromatic N) is 2. The molecular weight excluding hydrogens is 276 g/mol. The molecule has 2 aromatic rings. The lowest BCUT2D eigenvalue weighted by atomic mass is 10.1. The highest BCUT2D eigenvalue weighted by molar-refractivity contribution is 6.31. The van der Waals surface area contributed by atoms with Gasteiger partial charge in [-0.15, -0.1) is 0 Å². The van der Waals surface area contributed by atoms with Crippen molar-refractivity contribution >= 4 is 23.2 Å². The fourth-order valence-electron chi connectivity index (χ4n) is 2.02. The Morgan fingerprint density at radius 3 is 2.95 bits per heavy atom. The molecule has 1 heterocycles. The molecule has 0 atom stereocenters. The van der Waals surface area contributed by atoms with E-state index in [-0.39, 0.29) is 5.91 Å². The SMILES string of the molecule is CCc1nn(C)cc1CNC(=O)c1cc(Cl)ccc1N. The molecule has 6 heteroatoms. The molecule has 1 aromatic carbocycles. The van der Waals surface area contributed by atoms with Gasteiger partial charge in [0.15, 0.2) is 0 Å². The summed E-state index contributed by atoms with van der Waals surface area (Å²) in [7, 11) is 1.86. The minimum atomic E-state index is -0.240. The van der Waals surface area contributed by atoms with E-state index in [9.17, 15) is 4.79 Å². The van der Waals surface area contributed by atoms with E-state index in [1.165, 1.54) is 0 Å². The van der Waals surface area contributed by atoms with Crippen LogP contribution in [0.2, 0.25) is 5.02 Å². The Labute approximate surface area is 122 Å². The number of aromatic nitrogens is 2. The molecule has 0 aliphatic rings. The van der Waals surface area contributed by atoms with Gasteiger partial charge in [-0.25, -0.2) is 0 Å². The van der Waals surface area contributed by atoms with Gasteiger partial charge in [0.1, 0.15) is 0 Å². The molecule has 20 heavy (non-hydrogen) atoms. The third kappa shape index (κ3) is 3.11. The van der Waals surface area contributed by atoms with Gasteiger partial charge < -0.3 is 11.1 Å². The molecule has 0 radical (unpaired) electrons. The Morgan fingerprint density at radius 1 is 1.50 bits per heavy atom. The van der Waals surface area contributed by atoms with Crippen molar-refractivity contribution in [2.24, 2.45) is 7.05 Å². The van der Waals surface area contributed by atoms with Crippen molar-refractivity contribution < 1.29 is 4.79 Å². The summed E-state index contributed by atoms with van der Waals surface area (Å²) >= 11 is 5.88. The second kappa shape index (κ2) is 5.96. The molecule has 2 rings (SSSR count). The second-order valence-corrected chi connectivity index (χ2v) is 4.98. The van der Waals surface area contributed by atoms with Crippen LogP contribution in [0.5, 0.6) is 0 Å². The normalized spacial score (nSPS) is 10.6. The number of benzene rings is 1. The Morgan fingerprint density at radius 2 is 2.25 bits per heavy atom. The third-order valence-corrected chi connectivity index (χ3v) is 3.26. The first-order valence-electron chi connectivity index (χ1n) is 6.36. The zero-order chi connectivity index (χ0) is 14.7. The summed E-state index contributed by atoms with van der Waals surface area (Å²) in [6.45, 7) is 2.45. The molecular formula is C14H17ClN4O. The number of nitrogen functional groups attached to an aromatic ring is 1. The third-order valence-electron chi connectivity index (χ3n) is 3.03. The zero-order valence-electron chi connectivity index (χ0n) is 11.5. The number of hydrogen-bond acceptors (Lipinski definition) is 3. The zero-order valence-corrected chi connectivity index (χ0v) is 12.2. The standard InChI is InChI=1S/C14H17ClN4O/c1-3-13-9(8-19(2)18-13)7-17-14(20)11-6-10(15)4-5-12(11)16/h4-6,8H,3,7,16H2,1-2H3,(H,17,20).